The van der Waals surface area contributed by atoms with Gasteiger partial charge in [-0.05, 0) is 40.6 Å². The lowest BCUT2D eigenvalue weighted by Crippen LogP contribution is -2.48. The maximum absolute atomic E-state index is 6.15. The number of halogens is 1. The van der Waals surface area contributed by atoms with Gasteiger partial charge in [0.05, 0.1) is 3.57 Å². The van der Waals surface area contributed by atoms with Crippen molar-refractivity contribution in [3.8, 4) is 5.75 Å². The molecule has 1 aliphatic rings. The van der Waals surface area contributed by atoms with E-state index in [1.807, 2.05) is 19.2 Å². The van der Waals surface area contributed by atoms with Crippen LogP contribution in [0.5, 0.6) is 5.75 Å². The second-order valence-electron chi connectivity index (χ2n) is 6.06. The van der Waals surface area contributed by atoms with Crippen molar-refractivity contribution < 1.29 is 4.74 Å². The van der Waals surface area contributed by atoms with Crippen LogP contribution in [0.25, 0.3) is 0 Å². The number of ether oxygens (including phenoxy) is 1. The summed E-state index contributed by atoms with van der Waals surface area (Å²) in [6.45, 7) is 7.37. The highest BCUT2D eigenvalue weighted by atomic mass is 127. The van der Waals surface area contributed by atoms with Crippen molar-refractivity contribution in [1.82, 2.24) is 10.2 Å². The van der Waals surface area contributed by atoms with E-state index in [1.54, 1.807) is 0 Å². The quantitative estimate of drug-likeness (QED) is 0.466. The van der Waals surface area contributed by atoms with Gasteiger partial charge in [-0.3, -0.25) is 4.99 Å². The van der Waals surface area contributed by atoms with Gasteiger partial charge in [0.2, 0.25) is 0 Å². The van der Waals surface area contributed by atoms with Gasteiger partial charge in [0.25, 0.3) is 0 Å². The molecular formula is C17H26IN3O. The number of hydrogen-bond donors (Lipinski definition) is 1. The van der Waals surface area contributed by atoms with Gasteiger partial charge in [0, 0.05) is 39.5 Å². The fourth-order valence-electron chi connectivity index (χ4n) is 2.53. The third kappa shape index (κ3) is 5.04. The van der Waals surface area contributed by atoms with Crippen LogP contribution in [0.15, 0.2) is 29.3 Å². The molecule has 122 valence electrons. The molecule has 0 saturated carbocycles. The highest BCUT2D eigenvalue weighted by Gasteiger charge is 2.23. The van der Waals surface area contributed by atoms with Crippen molar-refractivity contribution in [3.05, 3.63) is 27.8 Å². The number of nitrogens with zero attached hydrogens (tertiary/aromatic N) is 2. The first-order chi connectivity index (χ1) is 10.6. The molecule has 1 N–H and O–H groups in total. The van der Waals surface area contributed by atoms with Crippen molar-refractivity contribution >= 4 is 28.6 Å². The molecule has 0 radical (unpaired) electrons. The Bertz CT molecular complexity index is 496. The molecule has 1 heterocycles. The summed E-state index contributed by atoms with van der Waals surface area (Å²) in [7, 11) is 1.86. The monoisotopic (exact) mass is 415 g/mol. The van der Waals surface area contributed by atoms with Gasteiger partial charge in [-0.2, -0.15) is 0 Å². The number of hydrogen-bond acceptors (Lipinski definition) is 2. The summed E-state index contributed by atoms with van der Waals surface area (Å²) in [6, 6.07) is 8.21. The van der Waals surface area contributed by atoms with Crippen molar-refractivity contribution in [2.45, 2.75) is 32.8 Å². The minimum absolute atomic E-state index is 0.301. The number of rotatable bonds is 4. The Morgan fingerprint density at radius 3 is 2.64 bits per heavy atom. The smallest absolute Gasteiger partial charge is 0.193 e. The molecule has 0 bridgehead atoms. The average Bonchev–Trinajstić information content (AvgIpc) is 2.51. The highest BCUT2D eigenvalue weighted by Crippen LogP contribution is 2.24. The summed E-state index contributed by atoms with van der Waals surface area (Å²) in [5.41, 5.74) is 0. The minimum atomic E-state index is 0.301. The van der Waals surface area contributed by atoms with Crippen LogP contribution in [0.4, 0.5) is 0 Å². The number of likely N-dealkylation sites (tertiary alicyclic amines) is 1. The molecular weight excluding hydrogens is 389 g/mol. The zero-order valence-electron chi connectivity index (χ0n) is 13.7. The van der Waals surface area contributed by atoms with E-state index in [0.717, 1.165) is 44.2 Å². The predicted octanol–water partition coefficient (Wildman–Crippen LogP) is 3.37. The molecule has 0 aromatic heterocycles. The number of guanidine groups is 1. The van der Waals surface area contributed by atoms with Crippen LogP contribution >= 0.6 is 22.6 Å². The lowest BCUT2D eigenvalue weighted by molar-refractivity contribution is 0.128. The van der Waals surface area contributed by atoms with Gasteiger partial charge < -0.3 is 15.0 Å². The molecule has 1 aromatic rings. The Labute approximate surface area is 147 Å². The number of para-hydroxylation sites is 1. The lowest BCUT2D eigenvalue weighted by Gasteiger charge is -2.34. The van der Waals surface area contributed by atoms with E-state index < -0.39 is 0 Å². The van der Waals surface area contributed by atoms with Crippen LogP contribution in [0.1, 0.15) is 26.7 Å². The third-order valence-corrected chi connectivity index (χ3v) is 4.64. The van der Waals surface area contributed by atoms with E-state index in [2.05, 4.69) is 63.8 Å². The van der Waals surface area contributed by atoms with Crippen LogP contribution in [-0.4, -0.2) is 43.6 Å². The van der Waals surface area contributed by atoms with Gasteiger partial charge in [0.15, 0.2) is 5.96 Å². The van der Waals surface area contributed by atoms with Crippen LogP contribution in [0, 0.1) is 9.49 Å². The molecule has 0 spiro atoms. The van der Waals surface area contributed by atoms with E-state index in [4.69, 9.17) is 4.74 Å². The first-order valence-corrected chi connectivity index (χ1v) is 9.04. The summed E-state index contributed by atoms with van der Waals surface area (Å²) in [5, 5.41) is 3.45. The SMILES string of the molecule is CN=C(NCC(C)C)N1CCC(Oc2ccccc2I)CC1. The average molecular weight is 415 g/mol. The second kappa shape index (κ2) is 8.60. The first kappa shape index (κ1) is 17.4. The lowest BCUT2D eigenvalue weighted by atomic mass is 10.1. The minimum Gasteiger partial charge on any atom is -0.489 e. The Kier molecular flexibility index (Phi) is 6.79. The molecule has 0 unspecified atom stereocenters. The van der Waals surface area contributed by atoms with Crippen LogP contribution in [0.2, 0.25) is 0 Å². The molecule has 5 heteroatoms. The molecule has 0 atom stereocenters. The van der Waals surface area contributed by atoms with Crippen molar-refractivity contribution in [3.63, 3.8) is 0 Å². The highest BCUT2D eigenvalue weighted by molar-refractivity contribution is 14.1. The van der Waals surface area contributed by atoms with Gasteiger partial charge in [-0.1, -0.05) is 26.0 Å². The summed E-state index contributed by atoms with van der Waals surface area (Å²) in [4.78, 5) is 6.73. The first-order valence-electron chi connectivity index (χ1n) is 7.97. The molecule has 1 saturated heterocycles. The summed E-state index contributed by atoms with van der Waals surface area (Å²) in [5.74, 6) is 2.64. The Hall–Kier alpha value is -0.980. The summed E-state index contributed by atoms with van der Waals surface area (Å²) in [6.07, 6.45) is 2.37. The molecule has 1 aromatic carbocycles. The standard InChI is InChI=1S/C17H26IN3O/c1-13(2)12-20-17(19-3)21-10-8-14(9-11-21)22-16-7-5-4-6-15(16)18/h4-7,13-14H,8-12H2,1-3H3,(H,19,20). The van der Waals surface area contributed by atoms with E-state index in [0.29, 0.717) is 12.0 Å². The predicted molar refractivity (Wildman–Crippen MR) is 101 cm³/mol. The number of nitrogens with one attached hydrogen (secondary N) is 1. The van der Waals surface area contributed by atoms with Crippen molar-refractivity contribution in [2.24, 2.45) is 10.9 Å². The molecule has 0 amide bonds. The number of piperidine rings is 1. The second-order valence-corrected chi connectivity index (χ2v) is 7.22. The summed E-state index contributed by atoms with van der Waals surface area (Å²) >= 11 is 2.33. The Morgan fingerprint density at radius 1 is 1.36 bits per heavy atom. The number of aliphatic imine (C=N–C) groups is 1. The zero-order valence-corrected chi connectivity index (χ0v) is 15.8. The van der Waals surface area contributed by atoms with Crippen LogP contribution in [-0.2, 0) is 0 Å². The molecule has 1 fully saturated rings. The Morgan fingerprint density at radius 2 is 2.05 bits per heavy atom. The van der Waals surface area contributed by atoms with Gasteiger partial charge in [-0.15, -0.1) is 0 Å². The van der Waals surface area contributed by atoms with Crippen LogP contribution in [0.3, 0.4) is 0 Å². The van der Waals surface area contributed by atoms with E-state index in [9.17, 15) is 0 Å². The van der Waals surface area contributed by atoms with E-state index in [-0.39, 0.29) is 0 Å². The third-order valence-electron chi connectivity index (χ3n) is 3.75. The van der Waals surface area contributed by atoms with Gasteiger partial charge >= 0.3 is 0 Å². The molecule has 4 nitrogen and oxygen atoms in total. The maximum Gasteiger partial charge on any atom is 0.193 e. The topological polar surface area (TPSA) is 36.9 Å². The molecule has 22 heavy (non-hydrogen) atoms. The van der Waals surface area contributed by atoms with E-state index in [1.165, 1.54) is 3.57 Å². The van der Waals surface area contributed by atoms with Gasteiger partial charge in [0.1, 0.15) is 11.9 Å². The van der Waals surface area contributed by atoms with Crippen molar-refractivity contribution in [1.29, 1.82) is 0 Å². The molecule has 0 aliphatic carbocycles. The zero-order chi connectivity index (χ0) is 15.9. The Balaban J connectivity index is 1.83. The van der Waals surface area contributed by atoms with Crippen LogP contribution < -0.4 is 10.1 Å². The fraction of sp³-hybridized carbons (Fsp3) is 0.588. The number of benzene rings is 1. The van der Waals surface area contributed by atoms with Gasteiger partial charge in [-0.25, -0.2) is 0 Å². The fourth-order valence-corrected chi connectivity index (χ4v) is 3.05. The molecule has 1 aliphatic heterocycles. The maximum atomic E-state index is 6.15. The summed E-state index contributed by atoms with van der Waals surface area (Å²) < 4.78 is 7.33. The molecule has 2 rings (SSSR count). The van der Waals surface area contributed by atoms with Crippen molar-refractivity contribution in [2.75, 3.05) is 26.7 Å². The largest absolute Gasteiger partial charge is 0.489 e. The van der Waals surface area contributed by atoms with E-state index >= 15 is 0 Å². The normalized spacial score (nSPS) is 17.0.